The van der Waals surface area contributed by atoms with Crippen molar-refractivity contribution >= 4 is 65.9 Å². The van der Waals surface area contributed by atoms with E-state index in [1.807, 2.05) is 0 Å². The summed E-state index contributed by atoms with van der Waals surface area (Å²) in [6.45, 7) is 2.40. The van der Waals surface area contributed by atoms with E-state index in [1.54, 1.807) is 36.7 Å². The molecule has 2 aromatic heterocycles. The van der Waals surface area contributed by atoms with Crippen LogP contribution in [-0.2, 0) is 42.4 Å². The number of ether oxygens (including phenoxy) is 3. The van der Waals surface area contributed by atoms with Crippen LogP contribution in [0.25, 0.3) is 0 Å². The number of rotatable bonds is 10. The summed E-state index contributed by atoms with van der Waals surface area (Å²) < 4.78 is 74.7. The quantitative estimate of drug-likeness (QED) is 0.223. The van der Waals surface area contributed by atoms with E-state index in [1.165, 1.54) is 43.4 Å². The maximum Gasteiger partial charge on any atom is 0.243 e. The first-order valence-corrected chi connectivity index (χ1v) is 19.2. The molecule has 4 aromatic rings. The second-order valence-corrected chi connectivity index (χ2v) is 17.5. The van der Waals surface area contributed by atoms with Crippen LogP contribution in [-0.4, -0.2) is 88.0 Å². The van der Waals surface area contributed by atoms with Crippen LogP contribution in [0, 0.1) is 0 Å². The first-order valence-electron chi connectivity index (χ1n) is 13.9. The van der Waals surface area contributed by atoms with Crippen LogP contribution in [0.4, 0.5) is 0 Å². The minimum atomic E-state index is -3.78. The molecule has 0 spiro atoms. The molecule has 240 valence electrons. The van der Waals surface area contributed by atoms with E-state index in [0.717, 1.165) is 9.75 Å². The van der Waals surface area contributed by atoms with Crippen molar-refractivity contribution in [3.63, 3.8) is 0 Å². The first kappa shape index (κ1) is 32.7. The second kappa shape index (κ2) is 13.9. The zero-order valence-electron chi connectivity index (χ0n) is 23.7. The third-order valence-corrected chi connectivity index (χ3v) is 13.3. The van der Waals surface area contributed by atoms with E-state index >= 15 is 0 Å². The van der Waals surface area contributed by atoms with Crippen molar-refractivity contribution in [1.82, 2.24) is 18.6 Å². The van der Waals surface area contributed by atoms with Crippen molar-refractivity contribution in [1.29, 1.82) is 0 Å². The van der Waals surface area contributed by atoms with E-state index in [0.29, 0.717) is 70.8 Å². The Kier molecular flexibility index (Phi) is 10.1. The van der Waals surface area contributed by atoms with E-state index in [-0.39, 0.29) is 36.0 Å². The number of aromatic nitrogens is 2. The topological polar surface area (TPSA) is 128 Å². The summed E-state index contributed by atoms with van der Waals surface area (Å²) >= 11 is 14.8. The van der Waals surface area contributed by atoms with Gasteiger partial charge < -0.3 is 14.2 Å². The summed E-state index contributed by atoms with van der Waals surface area (Å²) in [6.07, 6.45) is 3.92. The average molecular weight is 732 g/mol. The summed E-state index contributed by atoms with van der Waals surface area (Å²) in [5, 5.41) is 0. The Bertz CT molecular complexity index is 1750. The van der Waals surface area contributed by atoms with Gasteiger partial charge in [-0.05, 0) is 36.4 Å². The molecule has 2 aliphatic heterocycles. The van der Waals surface area contributed by atoms with Gasteiger partial charge in [-0.1, -0.05) is 23.2 Å². The monoisotopic (exact) mass is 730 g/mol. The van der Waals surface area contributed by atoms with Crippen LogP contribution in [0.2, 0.25) is 8.93 Å². The Morgan fingerprint density at radius 3 is 1.44 bits per heavy atom. The van der Waals surface area contributed by atoms with Crippen molar-refractivity contribution in [2.75, 3.05) is 52.6 Å². The van der Waals surface area contributed by atoms with Crippen molar-refractivity contribution in [2.45, 2.75) is 22.6 Å². The first-order chi connectivity index (χ1) is 21.6. The van der Waals surface area contributed by atoms with Gasteiger partial charge in [0.05, 0.1) is 36.2 Å². The van der Waals surface area contributed by atoms with Crippen LogP contribution in [0.15, 0.2) is 58.6 Å². The molecule has 0 aliphatic carbocycles. The smallest absolute Gasteiger partial charge is 0.243 e. The molecular weight excluding hydrogens is 704 g/mol. The molecule has 0 saturated carbocycles. The summed E-state index contributed by atoms with van der Waals surface area (Å²) in [4.78, 5) is 10.1. The third kappa shape index (κ3) is 7.53. The predicted molar refractivity (Wildman–Crippen MR) is 172 cm³/mol. The zero-order valence-corrected chi connectivity index (χ0v) is 28.5. The molecule has 11 nitrogen and oxygen atoms in total. The number of hydrogen-bond donors (Lipinski definition) is 0. The van der Waals surface area contributed by atoms with Gasteiger partial charge in [0.15, 0.2) is 8.93 Å². The van der Waals surface area contributed by atoms with Crippen LogP contribution in [0.1, 0.15) is 20.9 Å². The van der Waals surface area contributed by atoms with Gasteiger partial charge in [-0.3, -0.25) is 0 Å². The van der Waals surface area contributed by atoms with Gasteiger partial charge in [-0.25, -0.2) is 26.8 Å². The molecule has 2 fully saturated rings. The average Bonchev–Trinajstić information content (AvgIpc) is 3.65. The van der Waals surface area contributed by atoms with Gasteiger partial charge in [0.2, 0.25) is 20.0 Å². The van der Waals surface area contributed by atoms with Gasteiger partial charge in [-0.15, -0.1) is 22.7 Å². The molecule has 0 amide bonds. The molecule has 17 heteroatoms. The molecule has 45 heavy (non-hydrogen) atoms. The predicted octanol–water partition coefficient (Wildman–Crippen LogP) is 4.92. The Morgan fingerprint density at radius 2 is 1.09 bits per heavy atom. The highest BCUT2D eigenvalue weighted by Gasteiger charge is 2.29. The van der Waals surface area contributed by atoms with E-state index in [9.17, 15) is 16.8 Å². The number of morpholine rings is 2. The fourth-order valence-electron chi connectivity index (χ4n) is 5.00. The van der Waals surface area contributed by atoms with Crippen LogP contribution in [0.5, 0.6) is 11.5 Å². The van der Waals surface area contributed by atoms with E-state index in [4.69, 9.17) is 37.4 Å². The van der Waals surface area contributed by atoms with Crippen molar-refractivity contribution < 1.29 is 31.0 Å². The number of hydrogen-bond acceptors (Lipinski definition) is 11. The number of sulfonamides is 2. The Morgan fingerprint density at radius 1 is 0.689 bits per heavy atom. The summed E-state index contributed by atoms with van der Waals surface area (Å²) in [7, 11) is -7.56. The van der Waals surface area contributed by atoms with Crippen molar-refractivity contribution in [3.05, 3.63) is 78.6 Å². The van der Waals surface area contributed by atoms with Gasteiger partial charge in [0.25, 0.3) is 0 Å². The number of nitrogens with zero attached hydrogens (tertiary/aromatic N) is 4. The van der Waals surface area contributed by atoms with Crippen LogP contribution >= 0.6 is 45.9 Å². The minimum Gasteiger partial charge on any atom is -0.457 e. The minimum absolute atomic E-state index is 0.133. The Labute approximate surface area is 279 Å². The zero-order chi connectivity index (χ0) is 31.6. The molecule has 0 radical (unpaired) electrons. The SMILES string of the molecule is O=S(=O)(c1ccc(Oc2ccc(S(=O)(=O)N3CCOCC3)cc2Cc2cnc(Cl)s2)c(Cc2cnc(Cl)s2)c1)N1CCOCC1. The maximum atomic E-state index is 13.5. The number of halogens is 2. The van der Waals surface area contributed by atoms with Crippen molar-refractivity contribution in [3.8, 4) is 11.5 Å². The molecular formula is C28H28Cl2N4O7S4. The highest BCUT2D eigenvalue weighted by atomic mass is 35.5. The van der Waals surface area contributed by atoms with Crippen molar-refractivity contribution in [2.24, 2.45) is 0 Å². The number of benzene rings is 2. The Hall–Kier alpha value is -2.18. The van der Waals surface area contributed by atoms with Gasteiger partial charge in [-0.2, -0.15) is 8.61 Å². The molecule has 0 atom stereocenters. The molecule has 2 aromatic carbocycles. The fourth-order valence-corrected chi connectivity index (χ4v) is 9.92. The lowest BCUT2D eigenvalue weighted by Crippen LogP contribution is -2.40. The molecule has 0 N–H and O–H groups in total. The number of thiazole rings is 2. The third-order valence-electron chi connectivity index (χ3n) is 7.28. The van der Waals surface area contributed by atoms with Gasteiger partial charge in [0, 0.05) is 72.3 Å². The lowest BCUT2D eigenvalue weighted by Gasteiger charge is -2.26. The molecule has 6 rings (SSSR count). The van der Waals surface area contributed by atoms with E-state index in [2.05, 4.69) is 9.97 Å². The summed E-state index contributed by atoms with van der Waals surface area (Å²) in [5.74, 6) is 0.820. The van der Waals surface area contributed by atoms with Crippen LogP contribution in [0.3, 0.4) is 0 Å². The lowest BCUT2D eigenvalue weighted by molar-refractivity contribution is 0.0730. The highest BCUT2D eigenvalue weighted by Crippen LogP contribution is 2.36. The normalized spacial score (nSPS) is 17.0. The maximum absolute atomic E-state index is 13.5. The molecule has 2 aliphatic rings. The molecule has 4 heterocycles. The molecule has 2 saturated heterocycles. The van der Waals surface area contributed by atoms with Crippen LogP contribution < -0.4 is 4.74 Å². The lowest BCUT2D eigenvalue weighted by atomic mass is 10.1. The van der Waals surface area contributed by atoms with Gasteiger partial charge in [0.1, 0.15) is 11.5 Å². The summed E-state index contributed by atoms with van der Waals surface area (Å²) in [5.41, 5.74) is 1.20. The standard InChI is InChI=1S/C28H28Cl2N4O7S4/c29-27-31-17-21(42-27)13-19-15-23(44(35,36)33-5-9-39-10-6-33)1-3-25(19)41-26-4-2-24(45(37,38)34-7-11-40-12-8-34)16-20(26)14-22-18-32-28(30)43-22/h1-4,15-18H,5-14H2. The highest BCUT2D eigenvalue weighted by molar-refractivity contribution is 7.89. The van der Waals surface area contributed by atoms with Gasteiger partial charge >= 0.3 is 0 Å². The largest absolute Gasteiger partial charge is 0.457 e. The molecule has 0 unspecified atom stereocenters. The second-order valence-electron chi connectivity index (χ2n) is 10.2. The summed E-state index contributed by atoms with van der Waals surface area (Å²) in [6, 6.07) is 9.49. The van der Waals surface area contributed by atoms with E-state index < -0.39 is 20.0 Å². The Balaban J connectivity index is 1.38. The fraction of sp³-hybridized carbons (Fsp3) is 0.357. The molecule has 0 bridgehead atoms.